The van der Waals surface area contributed by atoms with E-state index in [1.807, 2.05) is 0 Å². The molecule has 0 bridgehead atoms. The van der Waals surface area contributed by atoms with E-state index < -0.39 is 12.0 Å². The van der Waals surface area contributed by atoms with Crippen molar-refractivity contribution in [3.8, 4) is 11.5 Å². The van der Waals surface area contributed by atoms with Gasteiger partial charge in [0.25, 0.3) is 0 Å². The monoisotopic (exact) mass is 259 g/mol. The van der Waals surface area contributed by atoms with Crippen molar-refractivity contribution in [1.29, 1.82) is 0 Å². The first kappa shape index (κ1) is 13.6. The maximum absolute atomic E-state index is 10.6. The second-order valence-corrected chi connectivity index (χ2v) is 3.79. The number of methoxy groups -OCH3 is 2. The number of aliphatic carboxylic acids is 1. The maximum atomic E-state index is 10.6. The molecule has 94 valence electrons. The fourth-order valence-electron chi connectivity index (χ4n) is 1.49. The molecule has 1 atom stereocenters. The van der Waals surface area contributed by atoms with Crippen LogP contribution < -0.4 is 15.2 Å². The molecule has 0 radical (unpaired) electrons. The molecule has 0 unspecified atom stereocenters. The van der Waals surface area contributed by atoms with Crippen LogP contribution in [0.4, 0.5) is 0 Å². The third-order valence-electron chi connectivity index (χ3n) is 2.31. The Hall–Kier alpha value is -1.46. The molecule has 3 N–H and O–H groups in total. The van der Waals surface area contributed by atoms with Gasteiger partial charge in [0.15, 0.2) is 11.5 Å². The Labute approximate surface area is 104 Å². The summed E-state index contributed by atoms with van der Waals surface area (Å²) in [6.45, 7) is 0. The lowest BCUT2D eigenvalue weighted by atomic mass is 10.0. The first-order valence-corrected chi connectivity index (χ1v) is 5.26. The van der Waals surface area contributed by atoms with Crippen LogP contribution in [-0.2, 0) is 4.79 Å². The second-order valence-electron chi connectivity index (χ2n) is 3.41. The molecular formula is C11H14ClNO4. The number of rotatable bonds is 5. The lowest BCUT2D eigenvalue weighted by Gasteiger charge is -2.16. The van der Waals surface area contributed by atoms with Gasteiger partial charge in [0.05, 0.1) is 25.7 Å². The minimum Gasteiger partial charge on any atom is -0.493 e. The van der Waals surface area contributed by atoms with Gasteiger partial charge >= 0.3 is 5.97 Å². The van der Waals surface area contributed by atoms with Crippen molar-refractivity contribution < 1.29 is 19.4 Å². The average Bonchev–Trinajstić information content (AvgIpc) is 2.27. The van der Waals surface area contributed by atoms with Gasteiger partial charge < -0.3 is 20.3 Å². The van der Waals surface area contributed by atoms with E-state index in [0.29, 0.717) is 17.1 Å². The highest BCUT2D eigenvalue weighted by molar-refractivity contribution is 6.33. The molecule has 0 aliphatic carbocycles. The fraction of sp³-hybridized carbons (Fsp3) is 0.364. The van der Waals surface area contributed by atoms with Crippen molar-refractivity contribution in [3.05, 3.63) is 22.7 Å². The molecule has 0 aliphatic heterocycles. The van der Waals surface area contributed by atoms with Crippen molar-refractivity contribution in [1.82, 2.24) is 0 Å². The smallest absolute Gasteiger partial charge is 0.305 e. The third kappa shape index (κ3) is 3.01. The summed E-state index contributed by atoms with van der Waals surface area (Å²) in [5.41, 5.74) is 6.27. The summed E-state index contributed by atoms with van der Waals surface area (Å²) >= 11 is 6.09. The van der Waals surface area contributed by atoms with Crippen LogP contribution in [0, 0.1) is 0 Å². The van der Waals surface area contributed by atoms with Crippen molar-refractivity contribution in [2.45, 2.75) is 12.5 Å². The Balaban J connectivity index is 3.14. The van der Waals surface area contributed by atoms with E-state index in [-0.39, 0.29) is 11.4 Å². The lowest BCUT2D eigenvalue weighted by molar-refractivity contribution is -0.137. The van der Waals surface area contributed by atoms with Gasteiger partial charge in [-0.25, -0.2) is 0 Å². The standard InChI is InChI=1S/C11H14ClNO4/c1-16-8-4-3-6(7(13)5-9(14)15)10(12)11(8)17-2/h3-4,7H,5,13H2,1-2H3,(H,14,15)/t7-/m1/s1. The third-order valence-corrected chi connectivity index (χ3v) is 2.70. The largest absolute Gasteiger partial charge is 0.493 e. The molecule has 17 heavy (non-hydrogen) atoms. The van der Waals surface area contributed by atoms with Gasteiger partial charge in [-0.1, -0.05) is 17.7 Å². The minimum absolute atomic E-state index is 0.199. The molecule has 1 aromatic rings. The number of halogens is 1. The molecule has 6 heteroatoms. The zero-order valence-corrected chi connectivity index (χ0v) is 10.3. The number of carboxylic acid groups (broad SMARTS) is 1. The van der Waals surface area contributed by atoms with E-state index >= 15 is 0 Å². The zero-order chi connectivity index (χ0) is 13.0. The Morgan fingerprint density at radius 2 is 2.12 bits per heavy atom. The van der Waals surface area contributed by atoms with Crippen LogP contribution in [0.15, 0.2) is 12.1 Å². The SMILES string of the molecule is COc1ccc([C@H](N)CC(=O)O)c(Cl)c1OC. The van der Waals surface area contributed by atoms with Gasteiger partial charge in [0, 0.05) is 6.04 Å². The predicted molar refractivity (Wildman–Crippen MR) is 63.7 cm³/mol. The topological polar surface area (TPSA) is 81.8 Å². The molecule has 0 saturated heterocycles. The maximum Gasteiger partial charge on any atom is 0.305 e. The Bertz CT molecular complexity index is 422. The summed E-state index contributed by atoms with van der Waals surface area (Å²) in [4.78, 5) is 10.6. The van der Waals surface area contributed by atoms with Crippen molar-refractivity contribution in [2.75, 3.05) is 14.2 Å². The first-order chi connectivity index (χ1) is 8.01. The molecule has 0 heterocycles. The summed E-state index contributed by atoms with van der Waals surface area (Å²) in [5, 5.41) is 8.96. The summed E-state index contributed by atoms with van der Waals surface area (Å²) in [6, 6.07) is 2.60. The van der Waals surface area contributed by atoms with Gasteiger partial charge in [0.2, 0.25) is 0 Å². The number of hydrogen-bond acceptors (Lipinski definition) is 4. The van der Waals surface area contributed by atoms with Crippen LogP contribution in [0.25, 0.3) is 0 Å². The molecule has 0 spiro atoms. The Morgan fingerprint density at radius 3 is 2.59 bits per heavy atom. The number of carbonyl (C=O) groups is 1. The van der Waals surface area contributed by atoms with Crippen LogP contribution in [0.3, 0.4) is 0 Å². The Morgan fingerprint density at radius 1 is 1.47 bits per heavy atom. The predicted octanol–water partition coefficient (Wildman–Crippen LogP) is 1.83. The van der Waals surface area contributed by atoms with E-state index in [9.17, 15) is 4.79 Å². The lowest BCUT2D eigenvalue weighted by Crippen LogP contribution is -2.15. The van der Waals surface area contributed by atoms with E-state index in [1.54, 1.807) is 12.1 Å². The number of carboxylic acids is 1. The number of hydrogen-bond donors (Lipinski definition) is 2. The zero-order valence-electron chi connectivity index (χ0n) is 9.57. The molecule has 1 rings (SSSR count). The molecule has 0 aromatic heterocycles. The fourth-order valence-corrected chi connectivity index (χ4v) is 1.86. The summed E-state index contributed by atoms with van der Waals surface area (Å²) < 4.78 is 10.2. The highest BCUT2D eigenvalue weighted by Gasteiger charge is 2.19. The quantitative estimate of drug-likeness (QED) is 0.843. The Kier molecular flexibility index (Phi) is 4.60. The van der Waals surface area contributed by atoms with Gasteiger partial charge in [-0.05, 0) is 11.6 Å². The van der Waals surface area contributed by atoms with Crippen molar-refractivity contribution >= 4 is 17.6 Å². The second kappa shape index (κ2) is 5.75. The normalized spacial score (nSPS) is 12.0. The average molecular weight is 260 g/mol. The number of nitrogens with two attached hydrogens (primary N) is 1. The number of ether oxygens (including phenoxy) is 2. The van der Waals surface area contributed by atoms with E-state index in [1.165, 1.54) is 14.2 Å². The first-order valence-electron chi connectivity index (χ1n) is 4.89. The molecule has 0 saturated carbocycles. The van der Waals surface area contributed by atoms with Gasteiger partial charge in [-0.3, -0.25) is 4.79 Å². The highest BCUT2D eigenvalue weighted by atomic mass is 35.5. The molecule has 1 aromatic carbocycles. The number of benzene rings is 1. The van der Waals surface area contributed by atoms with Gasteiger partial charge in [-0.2, -0.15) is 0 Å². The van der Waals surface area contributed by atoms with Crippen molar-refractivity contribution in [2.24, 2.45) is 5.73 Å². The van der Waals surface area contributed by atoms with Gasteiger partial charge in [0.1, 0.15) is 0 Å². The molecular weight excluding hydrogens is 246 g/mol. The van der Waals surface area contributed by atoms with Crippen LogP contribution in [0.1, 0.15) is 18.0 Å². The van der Waals surface area contributed by atoms with E-state index in [2.05, 4.69) is 0 Å². The van der Waals surface area contributed by atoms with Crippen LogP contribution in [0.2, 0.25) is 5.02 Å². The molecule has 0 aliphatic rings. The van der Waals surface area contributed by atoms with Gasteiger partial charge in [-0.15, -0.1) is 0 Å². The van der Waals surface area contributed by atoms with Crippen LogP contribution in [-0.4, -0.2) is 25.3 Å². The molecule has 0 amide bonds. The molecule has 0 fully saturated rings. The van der Waals surface area contributed by atoms with E-state index in [4.69, 9.17) is 31.9 Å². The highest BCUT2D eigenvalue weighted by Crippen LogP contribution is 2.39. The van der Waals surface area contributed by atoms with Crippen LogP contribution >= 0.6 is 11.6 Å². The van der Waals surface area contributed by atoms with E-state index in [0.717, 1.165) is 0 Å². The van der Waals surface area contributed by atoms with Crippen LogP contribution in [0.5, 0.6) is 11.5 Å². The summed E-state index contributed by atoms with van der Waals surface area (Å²) in [5.74, 6) is -0.153. The molecule has 5 nitrogen and oxygen atoms in total. The summed E-state index contributed by atoms with van der Waals surface area (Å²) in [7, 11) is 2.95. The minimum atomic E-state index is -0.983. The van der Waals surface area contributed by atoms with Crippen molar-refractivity contribution in [3.63, 3.8) is 0 Å². The summed E-state index contributed by atoms with van der Waals surface area (Å²) in [6.07, 6.45) is -0.199.